The summed E-state index contributed by atoms with van der Waals surface area (Å²) in [5.41, 5.74) is 0. The molecule has 0 aromatic heterocycles. The fourth-order valence-electron chi connectivity index (χ4n) is 1.30. The van der Waals surface area contributed by atoms with Crippen molar-refractivity contribution in [3.63, 3.8) is 0 Å². The minimum atomic E-state index is -1.33. The van der Waals surface area contributed by atoms with Crippen molar-refractivity contribution >= 4 is 23.9 Å². The largest absolute Gasteiger partial charge is 0.480 e. The van der Waals surface area contributed by atoms with Crippen LogP contribution in [0.1, 0.15) is 6.42 Å². The van der Waals surface area contributed by atoms with Crippen LogP contribution < -0.4 is 10.6 Å². The zero-order chi connectivity index (χ0) is 16.3. The molecule has 0 saturated heterocycles. The Morgan fingerprint density at radius 3 is 2.05 bits per heavy atom. The number of nitrogens with one attached hydrogen (secondary N) is 2. The average molecular weight is 305 g/mol. The van der Waals surface area contributed by atoms with Gasteiger partial charge in [0.15, 0.2) is 0 Å². The monoisotopic (exact) mass is 305 g/mol. The third-order valence-electron chi connectivity index (χ3n) is 2.20. The van der Waals surface area contributed by atoms with Crippen molar-refractivity contribution < 1.29 is 34.1 Å². The number of urea groups is 1. The van der Waals surface area contributed by atoms with Gasteiger partial charge in [-0.25, -0.2) is 4.79 Å². The molecule has 0 radical (unpaired) electrons. The van der Waals surface area contributed by atoms with E-state index in [1.165, 1.54) is 7.11 Å². The van der Waals surface area contributed by atoms with Crippen LogP contribution in [0.4, 0.5) is 4.79 Å². The molecule has 21 heavy (non-hydrogen) atoms. The van der Waals surface area contributed by atoms with Crippen LogP contribution in [0.5, 0.6) is 0 Å². The molecule has 0 atom stereocenters. The Bertz CT molecular complexity index is 370. The van der Waals surface area contributed by atoms with Crippen LogP contribution in [0.15, 0.2) is 0 Å². The summed E-state index contributed by atoms with van der Waals surface area (Å²) in [6.07, 6.45) is -0.0105. The summed E-state index contributed by atoms with van der Waals surface area (Å²) < 4.78 is 4.74. The van der Waals surface area contributed by atoms with Gasteiger partial charge in [0, 0.05) is 26.6 Å². The van der Waals surface area contributed by atoms with E-state index in [0.29, 0.717) is 18.1 Å². The van der Waals surface area contributed by atoms with Gasteiger partial charge in [-0.1, -0.05) is 0 Å². The van der Waals surface area contributed by atoms with Crippen molar-refractivity contribution in [1.82, 2.24) is 15.5 Å². The van der Waals surface area contributed by atoms with Gasteiger partial charge >= 0.3 is 18.0 Å². The van der Waals surface area contributed by atoms with Gasteiger partial charge in [-0.3, -0.25) is 14.4 Å². The molecule has 120 valence electrons. The highest BCUT2D eigenvalue weighted by atomic mass is 16.5. The van der Waals surface area contributed by atoms with Gasteiger partial charge in [-0.2, -0.15) is 0 Å². The summed E-state index contributed by atoms with van der Waals surface area (Å²) in [5, 5.41) is 22.0. The first-order chi connectivity index (χ1) is 9.86. The number of carboxylic acids is 2. The molecule has 4 N–H and O–H groups in total. The molecule has 0 aliphatic rings. The molecule has 0 aliphatic carbocycles. The fraction of sp³-hybridized carbons (Fsp3) is 0.636. The second-order valence-electron chi connectivity index (χ2n) is 3.97. The van der Waals surface area contributed by atoms with Crippen LogP contribution >= 0.6 is 0 Å². The van der Waals surface area contributed by atoms with Gasteiger partial charge < -0.3 is 30.5 Å². The molecular weight excluding hydrogens is 286 g/mol. The second kappa shape index (κ2) is 10.4. The van der Waals surface area contributed by atoms with E-state index < -0.39 is 31.1 Å². The Balaban J connectivity index is 4.09. The maximum atomic E-state index is 11.6. The number of hydrogen-bond donors (Lipinski definition) is 4. The van der Waals surface area contributed by atoms with Crippen LogP contribution in [0, 0.1) is 0 Å². The first kappa shape index (κ1) is 18.6. The number of amides is 3. The molecule has 10 nitrogen and oxygen atoms in total. The number of carbonyl (C=O) groups is 4. The van der Waals surface area contributed by atoms with Gasteiger partial charge in [0.1, 0.15) is 13.1 Å². The van der Waals surface area contributed by atoms with E-state index >= 15 is 0 Å². The summed E-state index contributed by atoms with van der Waals surface area (Å²) in [4.78, 5) is 44.6. The lowest BCUT2D eigenvalue weighted by atomic mass is 10.4. The molecule has 0 aliphatic heterocycles. The van der Waals surface area contributed by atoms with Crippen LogP contribution in [0.2, 0.25) is 0 Å². The quantitative estimate of drug-likeness (QED) is 0.353. The van der Waals surface area contributed by atoms with Crippen LogP contribution in [0.25, 0.3) is 0 Å². The molecule has 0 heterocycles. The summed E-state index contributed by atoms with van der Waals surface area (Å²) in [6.45, 7) is -0.805. The summed E-state index contributed by atoms with van der Waals surface area (Å²) in [6, 6.07) is -0.857. The van der Waals surface area contributed by atoms with Crippen molar-refractivity contribution in [1.29, 1.82) is 0 Å². The molecule has 3 amide bonds. The number of carbonyl (C=O) groups excluding carboxylic acids is 2. The van der Waals surface area contributed by atoms with Crippen molar-refractivity contribution in [3.05, 3.63) is 0 Å². The van der Waals surface area contributed by atoms with E-state index in [1.54, 1.807) is 0 Å². The standard InChI is InChI=1S/C11H19N3O7/c1-21-5-4-12-8(15)2-3-13-11(20)14(6-9(16)17)7-10(18)19/h2-7H2,1H3,(H,12,15)(H,13,20)(H,16,17)(H,18,19). The van der Waals surface area contributed by atoms with Crippen LogP contribution in [-0.4, -0.2) is 78.9 Å². The molecule has 0 rings (SSSR count). The number of nitrogens with zero attached hydrogens (tertiary/aromatic N) is 1. The Morgan fingerprint density at radius 2 is 1.57 bits per heavy atom. The number of methoxy groups -OCH3 is 1. The fourth-order valence-corrected chi connectivity index (χ4v) is 1.30. The highest BCUT2D eigenvalue weighted by Crippen LogP contribution is 1.91. The Hall–Kier alpha value is -2.36. The van der Waals surface area contributed by atoms with E-state index in [4.69, 9.17) is 14.9 Å². The minimum Gasteiger partial charge on any atom is -0.480 e. The predicted molar refractivity (Wildman–Crippen MR) is 69.7 cm³/mol. The van der Waals surface area contributed by atoms with Gasteiger partial charge in [0.25, 0.3) is 0 Å². The third kappa shape index (κ3) is 10.1. The Kier molecular flexibility index (Phi) is 9.26. The normalized spacial score (nSPS) is 9.76. The Labute approximate surface area is 121 Å². The smallest absolute Gasteiger partial charge is 0.323 e. The maximum Gasteiger partial charge on any atom is 0.323 e. The topological polar surface area (TPSA) is 145 Å². The van der Waals surface area contributed by atoms with E-state index in [2.05, 4.69) is 10.6 Å². The van der Waals surface area contributed by atoms with Gasteiger partial charge in [0.2, 0.25) is 5.91 Å². The van der Waals surface area contributed by atoms with E-state index in [-0.39, 0.29) is 18.9 Å². The number of rotatable bonds is 10. The molecule has 0 spiro atoms. The molecule has 0 aromatic rings. The summed E-state index contributed by atoms with van der Waals surface area (Å²) in [5.74, 6) is -2.97. The molecule has 0 saturated carbocycles. The summed E-state index contributed by atoms with van der Waals surface area (Å²) >= 11 is 0. The lowest BCUT2D eigenvalue weighted by molar-refractivity contribution is -0.140. The predicted octanol–water partition coefficient (Wildman–Crippen LogP) is -1.68. The average Bonchev–Trinajstić information content (AvgIpc) is 2.37. The van der Waals surface area contributed by atoms with Gasteiger partial charge in [0.05, 0.1) is 6.61 Å². The second-order valence-corrected chi connectivity index (χ2v) is 3.97. The molecule has 0 aromatic carbocycles. The van der Waals surface area contributed by atoms with Gasteiger partial charge in [-0.15, -0.1) is 0 Å². The minimum absolute atomic E-state index is 0.0105. The highest BCUT2D eigenvalue weighted by molar-refractivity contribution is 5.84. The van der Waals surface area contributed by atoms with E-state index in [9.17, 15) is 19.2 Å². The first-order valence-electron chi connectivity index (χ1n) is 6.08. The molecular formula is C11H19N3O7. The van der Waals surface area contributed by atoms with Crippen molar-refractivity contribution in [3.8, 4) is 0 Å². The van der Waals surface area contributed by atoms with Crippen molar-refractivity contribution in [2.24, 2.45) is 0 Å². The zero-order valence-electron chi connectivity index (χ0n) is 11.6. The van der Waals surface area contributed by atoms with E-state index in [1.807, 2.05) is 0 Å². The third-order valence-corrected chi connectivity index (χ3v) is 2.20. The van der Waals surface area contributed by atoms with Crippen molar-refractivity contribution in [2.45, 2.75) is 6.42 Å². The van der Waals surface area contributed by atoms with Crippen molar-refractivity contribution in [2.75, 3.05) is 39.9 Å². The lowest BCUT2D eigenvalue weighted by Crippen LogP contribution is -2.46. The maximum absolute atomic E-state index is 11.6. The van der Waals surface area contributed by atoms with E-state index in [0.717, 1.165) is 0 Å². The zero-order valence-corrected chi connectivity index (χ0v) is 11.6. The highest BCUT2D eigenvalue weighted by Gasteiger charge is 2.19. The summed E-state index contributed by atoms with van der Waals surface area (Å²) in [7, 11) is 1.49. The van der Waals surface area contributed by atoms with Crippen LogP contribution in [-0.2, 0) is 19.1 Å². The SMILES string of the molecule is COCCNC(=O)CCNC(=O)N(CC(=O)O)CC(=O)O. The molecule has 0 fully saturated rings. The molecule has 0 bridgehead atoms. The molecule has 10 heteroatoms. The lowest BCUT2D eigenvalue weighted by Gasteiger charge is -2.18. The number of ether oxygens (including phenoxy) is 1. The first-order valence-corrected chi connectivity index (χ1v) is 6.08. The number of carboxylic acid groups (broad SMARTS) is 2. The number of hydrogen-bond acceptors (Lipinski definition) is 5. The molecule has 0 unspecified atom stereocenters. The Morgan fingerprint density at radius 1 is 1.00 bits per heavy atom. The van der Waals surface area contributed by atoms with Crippen LogP contribution in [0.3, 0.4) is 0 Å². The number of aliphatic carboxylic acids is 2. The van der Waals surface area contributed by atoms with Gasteiger partial charge in [-0.05, 0) is 0 Å².